The molecule has 0 spiro atoms. The smallest absolute Gasteiger partial charge is 0.243 e. The van der Waals surface area contributed by atoms with E-state index < -0.39 is 20.0 Å². The van der Waals surface area contributed by atoms with E-state index in [-0.39, 0.29) is 29.4 Å². The molecule has 4 heterocycles. The van der Waals surface area contributed by atoms with Gasteiger partial charge in [0, 0.05) is 50.1 Å². The van der Waals surface area contributed by atoms with E-state index in [0.29, 0.717) is 24.4 Å². The maximum atomic E-state index is 13.6. The van der Waals surface area contributed by atoms with Crippen LogP contribution in [0.4, 0.5) is 0 Å². The Morgan fingerprint density at radius 3 is 1.82 bits per heavy atom. The molecule has 0 aliphatic carbocycles. The number of rotatable bonds is 5. The molecule has 4 aromatic rings. The van der Waals surface area contributed by atoms with Crippen LogP contribution in [0.15, 0.2) is 82.7 Å². The number of hydrogen-bond donors (Lipinski definition) is 0. The standard InChI is InChI=1S/C29H28N4O4S2/c1-20-6-10-22(11-7-20)38(34,35)32-16-14-27-25(18-32)24-17-33(39(36,37)23-12-8-21(2)9-13-23)19-26(24)29(31-27)28-5-3-4-15-30-28/h3-13,15H,14,16-19H2,1-2H3. The molecule has 0 saturated heterocycles. The van der Waals surface area contributed by atoms with Crippen molar-refractivity contribution in [2.24, 2.45) is 0 Å². The topological polar surface area (TPSA) is 101 Å². The van der Waals surface area contributed by atoms with E-state index in [1.165, 1.54) is 8.61 Å². The molecule has 39 heavy (non-hydrogen) atoms. The molecule has 2 aromatic carbocycles. The van der Waals surface area contributed by atoms with Crippen molar-refractivity contribution in [1.29, 1.82) is 0 Å². The molecule has 2 aliphatic heterocycles. The second-order valence-corrected chi connectivity index (χ2v) is 13.9. The molecule has 0 fully saturated rings. The highest BCUT2D eigenvalue weighted by atomic mass is 32.2. The minimum atomic E-state index is -3.78. The first kappa shape index (κ1) is 25.8. The molecule has 0 atom stereocenters. The van der Waals surface area contributed by atoms with Gasteiger partial charge in [-0.15, -0.1) is 0 Å². The number of aromatic nitrogens is 2. The molecule has 0 unspecified atom stereocenters. The molecule has 0 N–H and O–H groups in total. The van der Waals surface area contributed by atoms with Crippen LogP contribution in [0.5, 0.6) is 0 Å². The van der Waals surface area contributed by atoms with Crippen molar-refractivity contribution in [3.63, 3.8) is 0 Å². The van der Waals surface area contributed by atoms with Crippen molar-refractivity contribution in [2.75, 3.05) is 6.54 Å². The lowest BCUT2D eigenvalue weighted by Gasteiger charge is -2.29. The summed E-state index contributed by atoms with van der Waals surface area (Å²) in [6, 6.07) is 19.2. The summed E-state index contributed by atoms with van der Waals surface area (Å²) in [5, 5.41) is 0. The van der Waals surface area contributed by atoms with Gasteiger partial charge in [0.2, 0.25) is 20.0 Å². The third-order valence-corrected chi connectivity index (χ3v) is 11.1. The Morgan fingerprint density at radius 1 is 0.667 bits per heavy atom. The van der Waals surface area contributed by atoms with E-state index in [0.717, 1.165) is 33.5 Å². The van der Waals surface area contributed by atoms with Crippen molar-refractivity contribution in [3.8, 4) is 11.4 Å². The first-order valence-electron chi connectivity index (χ1n) is 12.7. The van der Waals surface area contributed by atoms with Gasteiger partial charge < -0.3 is 0 Å². The lowest BCUT2D eigenvalue weighted by atomic mass is 9.95. The summed E-state index contributed by atoms with van der Waals surface area (Å²) in [7, 11) is -7.51. The quantitative estimate of drug-likeness (QED) is 0.363. The minimum absolute atomic E-state index is 0.141. The molecule has 8 nitrogen and oxygen atoms in total. The number of benzene rings is 2. The number of sulfonamides is 2. The van der Waals surface area contributed by atoms with Gasteiger partial charge in [-0.05, 0) is 61.4 Å². The van der Waals surface area contributed by atoms with E-state index >= 15 is 0 Å². The highest BCUT2D eigenvalue weighted by Crippen LogP contribution is 2.39. The molecule has 10 heteroatoms. The van der Waals surface area contributed by atoms with Crippen LogP contribution in [-0.4, -0.2) is 42.0 Å². The van der Waals surface area contributed by atoms with E-state index in [9.17, 15) is 16.8 Å². The lowest BCUT2D eigenvalue weighted by molar-refractivity contribution is 0.384. The Morgan fingerprint density at radius 2 is 1.23 bits per heavy atom. The van der Waals surface area contributed by atoms with Gasteiger partial charge in [-0.3, -0.25) is 9.97 Å². The van der Waals surface area contributed by atoms with Crippen LogP contribution in [0.1, 0.15) is 33.5 Å². The molecular formula is C29H28N4O4S2. The summed E-state index contributed by atoms with van der Waals surface area (Å²) >= 11 is 0. The Balaban J connectivity index is 1.43. The molecule has 0 bridgehead atoms. The first-order chi connectivity index (χ1) is 18.6. The van der Waals surface area contributed by atoms with Gasteiger partial charge in [-0.25, -0.2) is 16.8 Å². The van der Waals surface area contributed by atoms with Gasteiger partial charge in [-0.2, -0.15) is 8.61 Å². The van der Waals surface area contributed by atoms with Crippen molar-refractivity contribution in [2.45, 2.75) is 49.7 Å². The predicted molar refractivity (Wildman–Crippen MR) is 148 cm³/mol. The Bertz CT molecular complexity index is 1770. The Labute approximate surface area is 229 Å². The van der Waals surface area contributed by atoms with Gasteiger partial charge >= 0.3 is 0 Å². The van der Waals surface area contributed by atoms with Crippen molar-refractivity contribution in [1.82, 2.24) is 18.6 Å². The first-order valence-corrected chi connectivity index (χ1v) is 15.6. The van der Waals surface area contributed by atoms with E-state index in [2.05, 4.69) is 4.98 Å². The summed E-state index contributed by atoms with van der Waals surface area (Å²) in [6.07, 6.45) is 2.12. The molecule has 2 aromatic heterocycles. The molecular weight excluding hydrogens is 532 g/mol. The number of fused-ring (bicyclic) bond motifs is 3. The third kappa shape index (κ3) is 4.57. The van der Waals surface area contributed by atoms with E-state index in [1.54, 1.807) is 54.7 Å². The van der Waals surface area contributed by atoms with Crippen LogP contribution in [0.2, 0.25) is 0 Å². The summed E-state index contributed by atoms with van der Waals surface area (Å²) in [5.41, 5.74) is 6.45. The lowest BCUT2D eigenvalue weighted by Crippen LogP contribution is -2.37. The second kappa shape index (κ2) is 9.63. The van der Waals surface area contributed by atoms with Gasteiger partial charge in [0.15, 0.2) is 0 Å². The zero-order valence-electron chi connectivity index (χ0n) is 21.7. The monoisotopic (exact) mass is 560 g/mol. The van der Waals surface area contributed by atoms with Crippen molar-refractivity contribution in [3.05, 3.63) is 106 Å². The van der Waals surface area contributed by atoms with Gasteiger partial charge in [0.1, 0.15) is 0 Å². The predicted octanol–water partition coefficient (Wildman–Crippen LogP) is 4.21. The van der Waals surface area contributed by atoms with Crippen LogP contribution in [-0.2, 0) is 46.1 Å². The Kier molecular flexibility index (Phi) is 6.38. The fraction of sp³-hybridized carbons (Fsp3) is 0.241. The fourth-order valence-electron chi connectivity index (χ4n) is 5.23. The summed E-state index contributed by atoms with van der Waals surface area (Å²) < 4.78 is 57.3. The average Bonchev–Trinajstić information content (AvgIpc) is 3.40. The third-order valence-electron chi connectivity index (χ3n) is 7.44. The van der Waals surface area contributed by atoms with Crippen molar-refractivity contribution >= 4 is 20.0 Å². The molecule has 2 aliphatic rings. The zero-order chi connectivity index (χ0) is 27.4. The fourth-order valence-corrected chi connectivity index (χ4v) is 8.01. The molecule has 0 saturated carbocycles. The highest BCUT2D eigenvalue weighted by molar-refractivity contribution is 7.89. The second-order valence-electron chi connectivity index (χ2n) is 10.0. The SMILES string of the molecule is Cc1ccc(S(=O)(=O)N2CCc3nc(-c4ccccn4)c4c(c3C2)CN(S(=O)(=O)c2ccc(C)cc2)C4)cc1. The Hall–Kier alpha value is -3.44. The molecule has 0 amide bonds. The maximum absolute atomic E-state index is 13.6. The highest BCUT2D eigenvalue weighted by Gasteiger charge is 2.38. The molecule has 0 radical (unpaired) electrons. The molecule has 6 rings (SSSR count). The van der Waals surface area contributed by atoms with Crippen LogP contribution in [0.25, 0.3) is 11.4 Å². The number of nitrogens with zero attached hydrogens (tertiary/aromatic N) is 4. The van der Waals surface area contributed by atoms with Crippen LogP contribution in [0.3, 0.4) is 0 Å². The van der Waals surface area contributed by atoms with Crippen LogP contribution < -0.4 is 0 Å². The number of hydrogen-bond acceptors (Lipinski definition) is 6. The van der Waals surface area contributed by atoms with Crippen molar-refractivity contribution < 1.29 is 16.8 Å². The number of aryl methyl sites for hydroxylation is 2. The van der Waals surface area contributed by atoms with Gasteiger partial charge in [-0.1, -0.05) is 41.5 Å². The van der Waals surface area contributed by atoms with E-state index in [4.69, 9.17) is 4.98 Å². The summed E-state index contributed by atoms with van der Waals surface area (Å²) in [5.74, 6) is 0. The normalized spacial score (nSPS) is 16.2. The minimum Gasteiger partial charge on any atom is -0.255 e. The van der Waals surface area contributed by atoms with Gasteiger partial charge in [0.25, 0.3) is 0 Å². The maximum Gasteiger partial charge on any atom is 0.243 e. The van der Waals surface area contributed by atoms with E-state index in [1.807, 2.05) is 32.0 Å². The largest absolute Gasteiger partial charge is 0.255 e. The van der Waals surface area contributed by atoms with Crippen LogP contribution in [0, 0.1) is 13.8 Å². The molecule has 200 valence electrons. The summed E-state index contributed by atoms with van der Waals surface area (Å²) in [6.45, 7) is 4.55. The van der Waals surface area contributed by atoms with Gasteiger partial charge in [0.05, 0.1) is 21.2 Å². The number of pyridine rings is 2. The van der Waals surface area contributed by atoms with Crippen LogP contribution >= 0.6 is 0 Å². The zero-order valence-corrected chi connectivity index (χ0v) is 23.3. The average molecular weight is 561 g/mol. The summed E-state index contributed by atoms with van der Waals surface area (Å²) in [4.78, 5) is 9.92.